The number of carboxylic acid groups (broad SMARTS) is 2. The predicted molar refractivity (Wildman–Crippen MR) is 50.3 cm³/mol. The van der Waals surface area contributed by atoms with Gasteiger partial charge in [-0.05, 0) is 12.1 Å². The van der Waals surface area contributed by atoms with E-state index in [2.05, 4.69) is 0 Å². The Balaban J connectivity index is 3.47. The SMILES string of the molecule is O=C(O)c1ccc(C(F)(F)C(F)(F)F)cc1C(=O)O. The van der Waals surface area contributed by atoms with E-state index in [1.54, 1.807) is 0 Å². The zero-order chi connectivity index (χ0) is 15.0. The fourth-order valence-electron chi connectivity index (χ4n) is 1.27. The quantitative estimate of drug-likeness (QED) is 0.837. The van der Waals surface area contributed by atoms with Crippen molar-refractivity contribution in [2.24, 2.45) is 0 Å². The lowest BCUT2D eigenvalue weighted by molar-refractivity contribution is -0.289. The first-order valence-corrected chi connectivity index (χ1v) is 4.54. The highest BCUT2D eigenvalue weighted by molar-refractivity contribution is 6.01. The predicted octanol–water partition coefficient (Wildman–Crippen LogP) is 2.74. The maximum absolute atomic E-state index is 13.0. The molecular weight excluding hydrogens is 279 g/mol. The van der Waals surface area contributed by atoms with Crippen LogP contribution in [0.3, 0.4) is 0 Å². The van der Waals surface area contributed by atoms with E-state index in [1.807, 2.05) is 0 Å². The number of halogens is 5. The van der Waals surface area contributed by atoms with Crippen LogP contribution in [0.2, 0.25) is 0 Å². The monoisotopic (exact) mass is 284 g/mol. The number of aromatic carboxylic acids is 2. The van der Waals surface area contributed by atoms with Crippen LogP contribution in [-0.4, -0.2) is 28.3 Å². The molecule has 0 fully saturated rings. The Morgan fingerprint density at radius 3 is 1.74 bits per heavy atom. The van der Waals surface area contributed by atoms with Gasteiger partial charge >= 0.3 is 24.0 Å². The van der Waals surface area contributed by atoms with E-state index >= 15 is 0 Å². The summed E-state index contributed by atoms with van der Waals surface area (Å²) in [6, 6.07) is 0.615. The number of benzene rings is 1. The van der Waals surface area contributed by atoms with Crippen LogP contribution in [0.4, 0.5) is 22.0 Å². The molecule has 0 radical (unpaired) electrons. The van der Waals surface area contributed by atoms with Crippen molar-refractivity contribution in [2.75, 3.05) is 0 Å². The van der Waals surface area contributed by atoms with E-state index in [0.29, 0.717) is 6.07 Å². The maximum Gasteiger partial charge on any atom is 0.458 e. The Labute approximate surface area is 102 Å². The van der Waals surface area contributed by atoms with Gasteiger partial charge in [-0.25, -0.2) is 9.59 Å². The Hall–Kier alpha value is -2.19. The van der Waals surface area contributed by atoms with Gasteiger partial charge in [-0.3, -0.25) is 0 Å². The molecule has 0 atom stereocenters. The molecule has 1 aromatic rings. The molecule has 0 aliphatic heterocycles. The molecule has 0 saturated carbocycles. The third-order valence-electron chi connectivity index (χ3n) is 2.20. The average molecular weight is 284 g/mol. The van der Waals surface area contributed by atoms with Gasteiger partial charge in [-0.15, -0.1) is 0 Å². The number of hydrogen-bond acceptors (Lipinski definition) is 2. The molecule has 0 unspecified atom stereocenters. The molecule has 0 aliphatic rings. The van der Waals surface area contributed by atoms with Crippen molar-refractivity contribution in [2.45, 2.75) is 12.1 Å². The smallest absolute Gasteiger partial charge is 0.458 e. The van der Waals surface area contributed by atoms with Gasteiger partial charge in [0.15, 0.2) is 0 Å². The Kier molecular flexibility index (Phi) is 3.51. The van der Waals surface area contributed by atoms with Gasteiger partial charge in [0.05, 0.1) is 11.1 Å². The molecule has 0 heterocycles. The van der Waals surface area contributed by atoms with Crippen molar-refractivity contribution in [3.63, 3.8) is 0 Å². The molecule has 0 spiro atoms. The first-order valence-electron chi connectivity index (χ1n) is 4.54. The Morgan fingerprint density at radius 1 is 0.895 bits per heavy atom. The minimum atomic E-state index is -5.91. The Bertz CT molecular complexity index is 535. The first-order chi connectivity index (χ1) is 8.48. The topological polar surface area (TPSA) is 74.6 Å². The number of hydrogen-bond donors (Lipinski definition) is 2. The van der Waals surface area contributed by atoms with E-state index in [9.17, 15) is 31.5 Å². The molecule has 1 aromatic carbocycles. The minimum absolute atomic E-state index is 0.000718. The van der Waals surface area contributed by atoms with Crippen molar-refractivity contribution < 1.29 is 41.8 Å². The second kappa shape index (κ2) is 4.48. The summed E-state index contributed by atoms with van der Waals surface area (Å²) in [4.78, 5) is 21.3. The van der Waals surface area contributed by atoms with Gasteiger partial charge in [-0.1, -0.05) is 6.07 Å². The number of alkyl halides is 5. The maximum atomic E-state index is 13.0. The molecular formula is C10H5F5O4. The second-order valence-corrected chi connectivity index (χ2v) is 3.44. The Morgan fingerprint density at radius 2 is 1.37 bits per heavy atom. The molecule has 4 nitrogen and oxygen atoms in total. The van der Waals surface area contributed by atoms with E-state index in [0.717, 1.165) is 0 Å². The largest absolute Gasteiger partial charge is 0.478 e. The zero-order valence-corrected chi connectivity index (χ0v) is 8.83. The molecule has 0 bridgehead atoms. The summed E-state index contributed by atoms with van der Waals surface area (Å²) in [5.74, 6) is -8.94. The minimum Gasteiger partial charge on any atom is -0.478 e. The van der Waals surface area contributed by atoms with Crippen LogP contribution in [0, 0.1) is 0 Å². The van der Waals surface area contributed by atoms with Crippen LogP contribution in [0.1, 0.15) is 26.3 Å². The lowest BCUT2D eigenvalue weighted by atomic mass is 10.00. The van der Waals surface area contributed by atoms with Crippen LogP contribution < -0.4 is 0 Å². The molecule has 2 N–H and O–H groups in total. The molecule has 0 saturated heterocycles. The van der Waals surface area contributed by atoms with Gasteiger partial charge < -0.3 is 10.2 Å². The lowest BCUT2D eigenvalue weighted by Gasteiger charge is -2.20. The summed E-state index contributed by atoms with van der Waals surface area (Å²) in [7, 11) is 0. The summed E-state index contributed by atoms with van der Waals surface area (Å²) >= 11 is 0. The van der Waals surface area contributed by atoms with E-state index in [1.165, 1.54) is 0 Å². The normalized spacial score (nSPS) is 12.3. The van der Waals surface area contributed by atoms with Gasteiger partial charge in [0.2, 0.25) is 0 Å². The van der Waals surface area contributed by atoms with Gasteiger partial charge in [0.1, 0.15) is 0 Å². The average Bonchev–Trinajstić information content (AvgIpc) is 2.26. The van der Waals surface area contributed by atoms with Crippen LogP contribution in [0.25, 0.3) is 0 Å². The molecule has 19 heavy (non-hydrogen) atoms. The molecule has 0 amide bonds. The number of carboxylic acids is 2. The third kappa shape index (κ3) is 2.64. The molecule has 9 heteroatoms. The molecule has 0 aromatic heterocycles. The standard InChI is InChI=1S/C10H5F5O4/c11-9(12,10(13,14)15)4-1-2-5(7(16)17)6(3-4)8(18)19/h1-3H,(H,16,17)(H,18,19). The van der Waals surface area contributed by atoms with Gasteiger partial charge in [0.25, 0.3) is 0 Å². The highest BCUT2D eigenvalue weighted by atomic mass is 19.4. The number of carbonyl (C=O) groups is 2. The van der Waals surface area contributed by atoms with Gasteiger partial charge in [0, 0.05) is 5.56 Å². The van der Waals surface area contributed by atoms with Crippen LogP contribution >= 0.6 is 0 Å². The highest BCUT2D eigenvalue weighted by Crippen LogP contribution is 2.44. The summed E-state index contributed by atoms with van der Waals surface area (Å²) < 4.78 is 62.2. The van der Waals surface area contributed by atoms with Crippen molar-refractivity contribution in [1.29, 1.82) is 0 Å². The van der Waals surface area contributed by atoms with Gasteiger partial charge in [-0.2, -0.15) is 22.0 Å². The van der Waals surface area contributed by atoms with Crippen LogP contribution in [-0.2, 0) is 5.92 Å². The summed E-state index contributed by atoms with van der Waals surface area (Å²) in [6.07, 6.45) is -5.91. The lowest BCUT2D eigenvalue weighted by Crippen LogP contribution is -2.34. The van der Waals surface area contributed by atoms with E-state index < -0.39 is 40.7 Å². The number of rotatable bonds is 3. The van der Waals surface area contributed by atoms with Crippen LogP contribution in [0.5, 0.6) is 0 Å². The molecule has 0 aliphatic carbocycles. The van der Waals surface area contributed by atoms with Crippen LogP contribution in [0.15, 0.2) is 18.2 Å². The van der Waals surface area contributed by atoms with Crippen molar-refractivity contribution in [1.82, 2.24) is 0 Å². The third-order valence-corrected chi connectivity index (χ3v) is 2.20. The fraction of sp³-hybridized carbons (Fsp3) is 0.200. The van der Waals surface area contributed by atoms with Crippen molar-refractivity contribution >= 4 is 11.9 Å². The summed E-state index contributed by atoms with van der Waals surface area (Å²) in [5.41, 5.74) is -3.66. The molecule has 104 valence electrons. The van der Waals surface area contributed by atoms with Crippen molar-refractivity contribution in [3.05, 3.63) is 34.9 Å². The van der Waals surface area contributed by atoms with E-state index in [-0.39, 0.29) is 12.1 Å². The van der Waals surface area contributed by atoms with E-state index in [4.69, 9.17) is 10.2 Å². The second-order valence-electron chi connectivity index (χ2n) is 3.44. The summed E-state index contributed by atoms with van der Waals surface area (Å²) in [5, 5.41) is 17.2. The molecule has 1 rings (SSSR count). The van der Waals surface area contributed by atoms with Crippen molar-refractivity contribution in [3.8, 4) is 0 Å². The fourth-order valence-corrected chi connectivity index (χ4v) is 1.27. The zero-order valence-electron chi connectivity index (χ0n) is 8.83. The first kappa shape index (κ1) is 14.9. The summed E-state index contributed by atoms with van der Waals surface area (Å²) in [6.45, 7) is 0. The highest BCUT2D eigenvalue weighted by Gasteiger charge is 2.58.